The molecule has 3 amide bonds. The Hall–Kier alpha value is -2.72. The average molecular weight is 329 g/mol. The molecule has 2 aliphatic rings. The van der Waals surface area contributed by atoms with Gasteiger partial charge in [-0.1, -0.05) is 11.8 Å². The van der Waals surface area contributed by atoms with Crippen molar-refractivity contribution in [2.75, 3.05) is 6.54 Å². The van der Waals surface area contributed by atoms with Gasteiger partial charge in [0.15, 0.2) is 0 Å². The number of nitrogens with one attached hydrogen (secondary N) is 1. The van der Waals surface area contributed by atoms with Gasteiger partial charge in [0.05, 0.1) is 5.56 Å². The molecule has 0 aliphatic carbocycles. The van der Waals surface area contributed by atoms with Crippen LogP contribution in [0.3, 0.4) is 0 Å². The molecule has 1 saturated heterocycles. The lowest BCUT2D eigenvalue weighted by atomic mass is 10.0. The van der Waals surface area contributed by atoms with Gasteiger partial charge in [0.1, 0.15) is 11.9 Å². The van der Waals surface area contributed by atoms with Gasteiger partial charge in [-0.2, -0.15) is 0 Å². The SMILES string of the molecule is NCCC#Cc1ccc(F)c2c1CN(C1CCC(=O)NC1=O)C2=O. The number of benzene rings is 1. The number of imide groups is 1. The third-order valence-electron chi connectivity index (χ3n) is 4.14. The molecule has 2 aliphatic heterocycles. The number of halogens is 1. The predicted molar refractivity (Wildman–Crippen MR) is 83.0 cm³/mol. The molecule has 0 spiro atoms. The minimum atomic E-state index is -0.771. The quantitative estimate of drug-likeness (QED) is 0.602. The van der Waals surface area contributed by atoms with Crippen LogP contribution < -0.4 is 11.1 Å². The number of rotatable bonds is 2. The van der Waals surface area contributed by atoms with E-state index >= 15 is 0 Å². The Balaban J connectivity index is 1.93. The van der Waals surface area contributed by atoms with E-state index in [-0.39, 0.29) is 30.9 Å². The number of piperidine rings is 1. The maximum Gasteiger partial charge on any atom is 0.258 e. The fourth-order valence-electron chi connectivity index (χ4n) is 2.98. The van der Waals surface area contributed by atoms with Crippen molar-refractivity contribution in [2.45, 2.75) is 31.8 Å². The topological polar surface area (TPSA) is 92.5 Å². The molecule has 3 rings (SSSR count). The van der Waals surface area contributed by atoms with E-state index in [0.29, 0.717) is 24.1 Å². The third-order valence-corrected chi connectivity index (χ3v) is 4.14. The number of fused-ring (bicyclic) bond motifs is 1. The first kappa shape index (κ1) is 16.1. The molecule has 0 saturated carbocycles. The van der Waals surface area contributed by atoms with Crippen molar-refractivity contribution in [1.29, 1.82) is 0 Å². The van der Waals surface area contributed by atoms with E-state index in [1.165, 1.54) is 17.0 Å². The van der Waals surface area contributed by atoms with Gasteiger partial charge in [-0.15, -0.1) is 0 Å². The van der Waals surface area contributed by atoms with Gasteiger partial charge >= 0.3 is 0 Å². The number of hydrogen-bond acceptors (Lipinski definition) is 4. The summed E-state index contributed by atoms with van der Waals surface area (Å²) in [5.41, 5.74) is 6.40. The highest BCUT2D eigenvalue weighted by molar-refractivity contribution is 6.05. The zero-order valence-electron chi connectivity index (χ0n) is 12.9. The van der Waals surface area contributed by atoms with Crippen LogP contribution in [0.4, 0.5) is 4.39 Å². The van der Waals surface area contributed by atoms with Gasteiger partial charge < -0.3 is 10.6 Å². The summed E-state index contributed by atoms with van der Waals surface area (Å²) in [5, 5.41) is 2.22. The largest absolute Gasteiger partial charge is 0.330 e. The first-order valence-corrected chi connectivity index (χ1v) is 7.68. The smallest absolute Gasteiger partial charge is 0.258 e. The molecule has 1 atom stereocenters. The first-order chi connectivity index (χ1) is 11.5. The van der Waals surface area contributed by atoms with Crippen molar-refractivity contribution in [3.63, 3.8) is 0 Å². The number of nitrogens with two attached hydrogens (primary N) is 1. The molecular formula is C17H16FN3O3. The second kappa shape index (κ2) is 6.42. The van der Waals surface area contributed by atoms with E-state index in [1.54, 1.807) is 0 Å². The molecule has 0 aromatic heterocycles. The van der Waals surface area contributed by atoms with E-state index in [4.69, 9.17) is 5.73 Å². The monoisotopic (exact) mass is 329 g/mol. The van der Waals surface area contributed by atoms with Crippen molar-refractivity contribution in [3.8, 4) is 11.8 Å². The van der Waals surface area contributed by atoms with Crippen LogP contribution in [-0.4, -0.2) is 35.2 Å². The van der Waals surface area contributed by atoms with Gasteiger partial charge in [-0.05, 0) is 18.6 Å². The summed E-state index contributed by atoms with van der Waals surface area (Å²) >= 11 is 0. The number of carbonyl (C=O) groups is 3. The van der Waals surface area contributed by atoms with Crippen molar-refractivity contribution in [2.24, 2.45) is 5.73 Å². The molecule has 2 heterocycles. The number of nitrogens with zero attached hydrogens (tertiary/aromatic N) is 1. The summed E-state index contributed by atoms with van der Waals surface area (Å²) < 4.78 is 14.1. The molecule has 1 fully saturated rings. The maximum absolute atomic E-state index is 14.1. The zero-order chi connectivity index (χ0) is 17.3. The highest BCUT2D eigenvalue weighted by Gasteiger charge is 2.41. The molecule has 1 aromatic rings. The van der Waals surface area contributed by atoms with Crippen LogP contribution >= 0.6 is 0 Å². The summed E-state index contributed by atoms with van der Waals surface area (Å²) in [6, 6.07) is 1.96. The van der Waals surface area contributed by atoms with E-state index < -0.39 is 23.7 Å². The number of carbonyl (C=O) groups excluding carboxylic acids is 3. The summed E-state index contributed by atoms with van der Waals surface area (Å²) in [6.07, 6.45) is 0.888. The van der Waals surface area contributed by atoms with Gasteiger partial charge in [-0.25, -0.2) is 4.39 Å². The number of hydrogen-bond donors (Lipinski definition) is 2. The molecule has 1 unspecified atom stereocenters. The Labute approximate surface area is 138 Å². The Morgan fingerprint density at radius 3 is 2.83 bits per heavy atom. The van der Waals surface area contributed by atoms with Crippen LogP contribution in [0.15, 0.2) is 12.1 Å². The van der Waals surface area contributed by atoms with Crippen molar-refractivity contribution >= 4 is 17.7 Å². The van der Waals surface area contributed by atoms with Gasteiger partial charge in [0.2, 0.25) is 11.8 Å². The normalized spacial score (nSPS) is 19.7. The van der Waals surface area contributed by atoms with Crippen LogP contribution in [0, 0.1) is 17.7 Å². The minimum absolute atomic E-state index is 0.0424. The molecule has 24 heavy (non-hydrogen) atoms. The van der Waals surface area contributed by atoms with Crippen LogP contribution in [0.5, 0.6) is 0 Å². The fraction of sp³-hybridized carbons (Fsp3) is 0.353. The fourth-order valence-corrected chi connectivity index (χ4v) is 2.98. The first-order valence-electron chi connectivity index (χ1n) is 7.68. The van der Waals surface area contributed by atoms with E-state index in [1.807, 2.05) is 0 Å². The Bertz CT molecular complexity index is 794. The second-order valence-electron chi connectivity index (χ2n) is 5.69. The predicted octanol–water partition coefficient (Wildman–Crippen LogP) is 0.287. The molecule has 1 aromatic carbocycles. The third kappa shape index (κ3) is 2.76. The van der Waals surface area contributed by atoms with Crippen LogP contribution in [-0.2, 0) is 16.1 Å². The Kier molecular flexibility index (Phi) is 4.32. The summed E-state index contributed by atoms with van der Waals surface area (Å²) in [5.74, 6) is 3.72. The standard InChI is InChI=1S/C17H16FN3O3/c18-12-5-4-10(3-1-2-8-19)11-9-21(17(24)15(11)12)13-6-7-14(22)20-16(13)23/h4-5,13H,2,6-9,19H2,(H,20,22,23). The molecule has 124 valence electrons. The Morgan fingerprint density at radius 1 is 1.33 bits per heavy atom. The molecule has 3 N–H and O–H groups in total. The highest BCUT2D eigenvalue weighted by atomic mass is 19.1. The molecule has 0 bridgehead atoms. The lowest BCUT2D eigenvalue weighted by molar-refractivity contribution is -0.136. The van der Waals surface area contributed by atoms with Crippen LogP contribution in [0.1, 0.15) is 40.7 Å². The molecule has 0 radical (unpaired) electrons. The van der Waals surface area contributed by atoms with Crippen LogP contribution in [0.25, 0.3) is 0 Å². The van der Waals surface area contributed by atoms with Crippen molar-refractivity contribution < 1.29 is 18.8 Å². The summed E-state index contributed by atoms with van der Waals surface area (Å²) in [4.78, 5) is 37.2. The lowest BCUT2D eigenvalue weighted by Gasteiger charge is -2.29. The van der Waals surface area contributed by atoms with E-state index in [9.17, 15) is 18.8 Å². The maximum atomic E-state index is 14.1. The lowest BCUT2D eigenvalue weighted by Crippen LogP contribution is -2.52. The van der Waals surface area contributed by atoms with Gasteiger partial charge in [-0.3, -0.25) is 19.7 Å². The molecule has 7 heteroatoms. The average Bonchev–Trinajstić information content (AvgIpc) is 2.88. The van der Waals surface area contributed by atoms with Crippen molar-refractivity contribution in [3.05, 3.63) is 34.6 Å². The highest BCUT2D eigenvalue weighted by Crippen LogP contribution is 2.31. The van der Waals surface area contributed by atoms with Gasteiger partial charge in [0.25, 0.3) is 5.91 Å². The second-order valence-corrected chi connectivity index (χ2v) is 5.69. The molecular weight excluding hydrogens is 313 g/mol. The van der Waals surface area contributed by atoms with Crippen molar-refractivity contribution in [1.82, 2.24) is 10.2 Å². The van der Waals surface area contributed by atoms with Gasteiger partial charge in [0, 0.05) is 37.1 Å². The van der Waals surface area contributed by atoms with Crippen LogP contribution in [0.2, 0.25) is 0 Å². The van der Waals surface area contributed by atoms with E-state index in [2.05, 4.69) is 17.2 Å². The Morgan fingerprint density at radius 2 is 2.12 bits per heavy atom. The summed E-state index contributed by atoms with van der Waals surface area (Å²) in [7, 11) is 0. The minimum Gasteiger partial charge on any atom is -0.330 e. The summed E-state index contributed by atoms with van der Waals surface area (Å²) in [6.45, 7) is 0.516. The van der Waals surface area contributed by atoms with E-state index in [0.717, 1.165) is 0 Å². The number of amides is 3. The molecule has 6 nitrogen and oxygen atoms in total. The zero-order valence-corrected chi connectivity index (χ0v) is 12.9.